The molecule has 18 heavy (non-hydrogen) atoms. The van der Waals surface area contributed by atoms with Crippen LogP contribution >= 0.6 is 15.9 Å². The monoisotopic (exact) mass is 316 g/mol. The Bertz CT molecular complexity index is 375. The maximum Gasteiger partial charge on any atom is 0.0969 e. The van der Waals surface area contributed by atoms with Gasteiger partial charge in [0.1, 0.15) is 0 Å². The van der Waals surface area contributed by atoms with Crippen molar-refractivity contribution in [3.8, 4) is 0 Å². The van der Waals surface area contributed by atoms with Gasteiger partial charge in [-0.1, -0.05) is 0 Å². The summed E-state index contributed by atoms with van der Waals surface area (Å²) in [5.41, 5.74) is 0.883. The summed E-state index contributed by atoms with van der Waals surface area (Å²) in [5, 5.41) is 14.5. The van der Waals surface area contributed by atoms with Gasteiger partial charge >= 0.3 is 0 Å². The number of ether oxygens (including phenoxy) is 1. The first kappa shape index (κ1) is 14.0. The zero-order valence-electron chi connectivity index (χ0n) is 10.8. The third-order valence-electron chi connectivity index (χ3n) is 3.48. The Balaban J connectivity index is 1.90. The van der Waals surface area contributed by atoms with Crippen molar-refractivity contribution in [1.29, 1.82) is 0 Å². The van der Waals surface area contributed by atoms with Gasteiger partial charge in [-0.15, -0.1) is 0 Å². The van der Waals surface area contributed by atoms with Gasteiger partial charge in [-0.05, 0) is 55.0 Å². The quantitative estimate of drug-likeness (QED) is 0.908. The third-order valence-corrected chi connectivity index (χ3v) is 4.10. The molecule has 0 aromatic carbocycles. The first-order valence-corrected chi connectivity index (χ1v) is 7.52. The Labute approximate surface area is 116 Å². The van der Waals surface area contributed by atoms with Gasteiger partial charge in [0.05, 0.1) is 28.6 Å². The number of halogens is 1. The van der Waals surface area contributed by atoms with Crippen LogP contribution in [-0.4, -0.2) is 27.6 Å². The van der Waals surface area contributed by atoms with E-state index in [4.69, 9.17) is 4.74 Å². The predicted molar refractivity (Wildman–Crippen MR) is 73.4 cm³/mol. The molecule has 0 bridgehead atoms. The fourth-order valence-electron chi connectivity index (χ4n) is 2.47. The van der Waals surface area contributed by atoms with Crippen molar-refractivity contribution < 1.29 is 9.84 Å². The largest absolute Gasteiger partial charge is 0.387 e. The van der Waals surface area contributed by atoms with E-state index in [1.165, 1.54) is 12.8 Å². The molecule has 1 aromatic rings. The normalized spacial score (nSPS) is 22.1. The third kappa shape index (κ3) is 3.33. The molecule has 0 saturated carbocycles. The summed E-state index contributed by atoms with van der Waals surface area (Å²) in [6.45, 7) is 3.68. The fraction of sp³-hybridized carbons (Fsp3) is 0.769. The molecular formula is C13H21BrN2O2. The Morgan fingerprint density at radius 2 is 2.44 bits per heavy atom. The lowest BCUT2D eigenvalue weighted by molar-refractivity contribution is 0.00150. The van der Waals surface area contributed by atoms with Gasteiger partial charge in [-0.2, -0.15) is 5.10 Å². The van der Waals surface area contributed by atoms with Gasteiger partial charge in [0.25, 0.3) is 0 Å². The minimum absolute atomic E-state index is 0.324. The van der Waals surface area contributed by atoms with Crippen molar-refractivity contribution >= 4 is 15.9 Å². The second-order valence-corrected chi connectivity index (χ2v) is 5.63. The van der Waals surface area contributed by atoms with Crippen molar-refractivity contribution in [3.05, 3.63) is 16.4 Å². The molecule has 2 unspecified atom stereocenters. The first-order chi connectivity index (χ1) is 8.72. The zero-order valence-corrected chi connectivity index (χ0v) is 12.4. The highest BCUT2D eigenvalue weighted by Crippen LogP contribution is 2.28. The van der Waals surface area contributed by atoms with Crippen LogP contribution in [-0.2, 0) is 11.3 Å². The number of aromatic nitrogens is 2. The van der Waals surface area contributed by atoms with Crippen molar-refractivity contribution in [2.24, 2.45) is 0 Å². The summed E-state index contributed by atoms with van der Waals surface area (Å²) < 4.78 is 8.42. The maximum absolute atomic E-state index is 10.3. The minimum Gasteiger partial charge on any atom is -0.387 e. The molecule has 0 aliphatic carbocycles. The molecule has 4 nitrogen and oxygen atoms in total. The average molecular weight is 317 g/mol. The van der Waals surface area contributed by atoms with Crippen LogP contribution in [0.2, 0.25) is 0 Å². The Hall–Kier alpha value is -0.390. The van der Waals surface area contributed by atoms with E-state index in [0.29, 0.717) is 6.10 Å². The van der Waals surface area contributed by atoms with Gasteiger partial charge in [0.2, 0.25) is 0 Å². The standard InChI is InChI=1S/C13H21BrN2O2/c1-2-16-13(11(14)9-15-16)12(17)7-6-10-5-3-4-8-18-10/h9-10,12,17H,2-8H2,1H3. The molecule has 1 aliphatic rings. The van der Waals surface area contributed by atoms with Crippen LogP contribution in [0.15, 0.2) is 10.7 Å². The van der Waals surface area contributed by atoms with E-state index in [1.807, 2.05) is 11.6 Å². The first-order valence-electron chi connectivity index (χ1n) is 6.73. The molecule has 2 heterocycles. The smallest absolute Gasteiger partial charge is 0.0969 e. The van der Waals surface area contributed by atoms with Crippen molar-refractivity contribution in [2.45, 2.75) is 57.8 Å². The lowest BCUT2D eigenvalue weighted by Crippen LogP contribution is -2.20. The van der Waals surface area contributed by atoms with Gasteiger partial charge in [0, 0.05) is 13.2 Å². The van der Waals surface area contributed by atoms with Gasteiger partial charge < -0.3 is 9.84 Å². The van der Waals surface area contributed by atoms with Crippen molar-refractivity contribution in [3.63, 3.8) is 0 Å². The molecule has 0 radical (unpaired) electrons. The predicted octanol–water partition coefficient (Wildman–Crippen LogP) is 3.05. The van der Waals surface area contributed by atoms with Crippen LogP contribution in [0, 0.1) is 0 Å². The second kappa shape index (κ2) is 6.68. The second-order valence-electron chi connectivity index (χ2n) is 4.78. The molecular weight excluding hydrogens is 296 g/mol. The molecule has 2 atom stereocenters. The van der Waals surface area contributed by atoms with Gasteiger partial charge in [-0.3, -0.25) is 4.68 Å². The highest BCUT2D eigenvalue weighted by atomic mass is 79.9. The van der Waals surface area contributed by atoms with Crippen LogP contribution < -0.4 is 0 Å². The summed E-state index contributed by atoms with van der Waals surface area (Å²) in [5.74, 6) is 0. The molecule has 5 heteroatoms. The molecule has 2 rings (SSSR count). The Morgan fingerprint density at radius 1 is 1.61 bits per heavy atom. The minimum atomic E-state index is -0.465. The van der Waals surface area contributed by atoms with Gasteiger partial charge in [0.15, 0.2) is 0 Å². The Kier molecular flexibility index (Phi) is 5.21. The molecule has 0 spiro atoms. The van der Waals surface area contributed by atoms with Crippen LogP contribution in [0.5, 0.6) is 0 Å². The van der Waals surface area contributed by atoms with E-state index in [-0.39, 0.29) is 0 Å². The molecule has 1 saturated heterocycles. The van der Waals surface area contributed by atoms with Crippen LogP contribution in [0.1, 0.15) is 50.8 Å². The molecule has 1 aliphatic heterocycles. The number of aliphatic hydroxyl groups excluding tert-OH is 1. The molecule has 102 valence electrons. The van der Waals surface area contributed by atoms with E-state index < -0.39 is 6.10 Å². The highest BCUT2D eigenvalue weighted by Gasteiger charge is 2.20. The number of nitrogens with zero attached hydrogens (tertiary/aromatic N) is 2. The fourth-order valence-corrected chi connectivity index (χ4v) is 3.03. The van der Waals surface area contributed by atoms with Crippen molar-refractivity contribution in [2.75, 3.05) is 6.61 Å². The topological polar surface area (TPSA) is 47.3 Å². The van der Waals surface area contributed by atoms with Gasteiger partial charge in [-0.25, -0.2) is 0 Å². The van der Waals surface area contributed by atoms with E-state index in [0.717, 1.165) is 42.6 Å². The maximum atomic E-state index is 10.3. The molecule has 1 N–H and O–H groups in total. The average Bonchev–Trinajstić information content (AvgIpc) is 2.78. The lowest BCUT2D eigenvalue weighted by Gasteiger charge is -2.23. The number of aryl methyl sites for hydroxylation is 1. The highest BCUT2D eigenvalue weighted by molar-refractivity contribution is 9.10. The summed E-state index contributed by atoms with van der Waals surface area (Å²) in [4.78, 5) is 0. The van der Waals surface area contributed by atoms with E-state index in [2.05, 4.69) is 21.0 Å². The van der Waals surface area contributed by atoms with Crippen LogP contribution in [0.4, 0.5) is 0 Å². The molecule has 1 fully saturated rings. The summed E-state index contributed by atoms with van der Waals surface area (Å²) >= 11 is 3.45. The SMILES string of the molecule is CCn1ncc(Br)c1C(O)CCC1CCCCO1. The molecule has 0 amide bonds. The van der Waals surface area contributed by atoms with Crippen LogP contribution in [0.3, 0.4) is 0 Å². The summed E-state index contributed by atoms with van der Waals surface area (Å²) in [6.07, 6.45) is 6.81. The van der Waals surface area contributed by atoms with E-state index in [9.17, 15) is 5.11 Å². The van der Waals surface area contributed by atoms with E-state index in [1.54, 1.807) is 6.20 Å². The van der Waals surface area contributed by atoms with E-state index >= 15 is 0 Å². The summed E-state index contributed by atoms with van der Waals surface area (Å²) in [6, 6.07) is 0. The zero-order chi connectivity index (χ0) is 13.0. The van der Waals surface area contributed by atoms with Crippen molar-refractivity contribution in [1.82, 2.24) is 9.78 Å². The number of aliphatic hydroxyl groups is 1. The van der Waals surface area contributed by atoms with Crippen LogP contribution in [0.25, 0.3) is 0 Å². The molecule has 1 aromatic heterocycles. The lowest BCUT2D eigenvalue weighted by atomic mass is 10.0. The summed E-state index contributed by atoms with van der Waals surface area (Å²) in [7, 11) is 0. The number of hydrogen-bond acceptors (Lipinski definition) is 3. The number of rotatable bonds is 5. The number of hydrogen-bond donors (Lipinski definition) is 1. The Morgan fingerprint density at radius 3 is 3.11 bits per heavy atom.